The number of hydrogen-bond donors (Lipinski definition) is 2. The van der Waals surface area contributed by atoms with Gasteiger partial charge in [0.2, 0.25) is 0 Å². The van der Waals surface area contributed by atoms with Crippen molar-refractivity contribution < 1.29 is 9.84 Å². The third-order valence-corrected chi connectivity index (χ3v) is 4.23. The fourth-order valence-electron chi connectivity index (χ4n) is 2.54. The average Bonchev–Trinajstić information content (AvgIpc) is 2.54. The molecule has 1 fully saturated rings. The van der Waals surface area contributed by atoms with Gasteiger partial charge in [0, 0.05) is 51.2 Å². The Hall–Kier alpha value is -1.30. The molecule has 1 aliphatic heterocycles. The zero-order valence-corrected chi connectivity index (χ0v) is 14.6. The van der Waals surface area contributed by atoms with Crippen molar-refractivity contribution in [2.24, 2.45) is 4.99 Å². The summed E-state index contributed by atoms with van der Waals surface area (Å²) in [6, 6.07) is 7.79. The molecule has 1 saturated heterocycles. The number of guanidine groups is 1. The Labute approximate surface area is 143 Å². The van der Waals surface area contributed by atoms with Crippen LogP contribution in [0.3, 0.4) is 0 Å². The van der Waals surface area contributed by atoms with Crippen molar-refractivity contribution >= 4 is 17.6 Å². The van der Waals surface area contributed by atoms with Gasteiger partial charge in [-0.2, -0.15) is 0 Å². The Morgan fingerprint density at radius 3 is 2.61 bits per heavy atom. The highest BCUT2D eigenvalue weighted by atomic mass is 35.5. The standard InChI is InChI=1S/C17H26ClN3O2/c1-3-19-16(20-13-17(22)8-10-23-11-9-17)21(2)12-14-4-6-15(18)7-5-14/h4-7,22H,3,8-13H2,1-2H3,(H,19,20). The SMILES string of the molecule is CCNC(=NCC1(O)CCOCC1)N(C)Cc1ccc(Cl)cc1. The van der Waals surface area contributed by atoms with Gasteiger partial charge in [0.05, 0.1) is 12.1 Å². The topological polar surface area (TPSA) is 57.1 Å². The maximum absolute atomic E-state index is 10.5. The van der Waals surface area contributed by atoms with E-state index in [9.17, 15) is 5.11 Å². The smallest absolute Gasteiger partial charge is 0.194 e. The summed E-state index contributed by atoms with van der Waals surface area (Å²) in [5, 5.41) is 14.6. The first kappa shape index (κ1) is 18.0. The summed E-state index contributed by atoms with van der Waals surface area (Å²) in [4.78, 5) is 6.67. The fraction of sp³-hybridized carbons (Fsp3) is 0.588. The number of ether oxygens (including phenoxy) is 1. The molecule has 6 heteroatoms. The van der Waals surface area contributed by atoms with E-state index in [0.29, 0.717) is 32.6 Å². The molecule has 0 saturated carbocycles. The van der Waals surface area contributed by atoms with E-state index in [1.54, 1.807) is 0 Å². The molecule has 0 aliphatic carbocycles. The molecule has 1 aromatic rings. The number of benzene rings is 1. The van der Waals surface area contributed by atoms with Crippen LogP contribution >= 0.6 is 11.6 Å². The molecular weight excluding hydrogens is 314 g/mol. The van der Waals surface area contributed by atoms with Gasteiger partial charge >= 0.3 is 0 Å². The zero-order valence-electron chi connectivity index (χ0n) is 13.9. The second kappa shape index (κ2) is 8.52. The first-order valence-corrected chi connectivity index (χ1v) is 8.44. The van der Waals surface area contributed by atoms with Crippen LogP contribution in [0.5, 0.6) is 0 Å². The predicted molar refractivity (Wildman–Crippen MR) is 93.9 cm³/mol. The van der Waals surface area contributed by atoms with Crippen molar-refractivity contribution in [2.45, 2.75) is 31.9 Å². The van der Waals surface area contributed by atoms with Crippen molar-refractivity contribution in [3.8, 4) is 0 Å². The van der Waals surface area contributed by atoms with Crippen molar-refractivity contribution in [3.63, 3.8) is 0 Å². The van der Waals surface area contributed by atoms with Gasteiger partial charge in [-0.25, -0.2) is 0 Å². The van der Waals surface area contributed by atoms with Crippen molar-refractivity contribution in [1.82, 2.24) is 10.2 Å². The lowest BCUT2D eigenvalue weighted by Gasteiger charge is -2.31. The van der Waals surface area contributed by atoms with Gasteiger partial charge in [0.25, 0.3) is 0 Å². The summed E-state index contributed by atoms with van der Waals surface area (Å²) >= 11 is 5.92. The van der Waals surface area contributed by atoms with E-state index in [-0.39, 0.29) is 0 Å². The highest BCUT2D eigenvalue weighted by Crippen LogP contribution is 2.20. The third kappa shape index (κ3) is 5.68. The molecule has 2 rings (SSSR count). The van der Waals surface area contributed by atoms with Gasteiger partial charge in [0.1, 0.15) is 0 Å². The van der Waals surface area contributed by atoms with E-state index >= 15 is 0 Å². The predicted octanol–water partition coefficient (Wildman–Crippen LogP) is 2.28. The zero-order chi connectivity index (χ0) is 16.7. The number of aliphatic imine (C=N–C) groups is 1. The normalized spacial score (nSPS) is 17.8. The quantitative estimate of drug-likeness (QED) is 0.638. The van der Waals surface area contributed by atoms with Crippen LogP contribution in [0.25, 0.3) is 0 Å². The molecule has 1 aromatic carbocycles. The third-order valence-electron chi connectivity index (χ3n) is 3.98. The van der Waals surface area contributed by atoms with Crippen LogP contribution in [-0.2, 0) is 11.3 Å². The highest BCUT2D eigenvalue weighted by Gasteiger charge is 2.29. The lowest BCUT2D eigenvalue weighted by atomic mass is 9.95. The van der Waals surface area contributed by atoms with E-state index in [1.165, 1.54) is 0 Å². The summed E-state index contributed by atoms with van der Waals surface area (Å²) < 4.78 is 5.31. The van der Waals surface area contributed by atoms with E-state index in [2.05, 4.69) is 15.2 Å². The summed E-state index contributed by atoms with van der Waals surface area (Å²) in [5.41, 5.74) is 0.410. The van der Waals surface area contributed by atoms with Crippen molar-refractivity contribution in [1.29, 1.82) is 0 Å². The van der Waals surface area contributed by atoms with Crippen molar-refractivity contribution in [2.75, 3.05) is 33.4 Å². The molecule has 1 heterocycles. The molecule has 0 spiro atoms. The number of hydrogen-bond acceptors (Lipinski definition) is 3. The molecule has 2 N–H and O–H groups in total. The number of halogens is 1. The summed E-state index contributed by atoms with van der Waals surface area (Å²) in [7, 11) is 1.99. The van der Waals surface area contributed by atoms with Gasteiger partial charge in [-0.15, -0.1) is 0 Å². The second-order valence-electron chi connectivity index (χ2n) is 5.99. The minimum Gasteiger partial charge on any atom is -0.388 e. The number of rotatable bonds is 5. The van der Waals surface area contributed by atoms with Gasteiger partial charge in [-0.05, 0) is 24.6 Å². The molecule has 23 heavy (non-hydrogen) atoms. The molecule has 128 valence electrons. The fourth-order valence-corrected chi connectivity index (χ4v) is 2.67. The van der Waals surface area contributed by atoms with Crippen LogP contribution < -0.4 is 5.32 Å². The molecule has 0 bridgehead atoms. The maximum atomic E-state index is 10.5. The van der Waals surface area contributed by atoms with Gasteiger partial charge in [0.15, 0.2) is 5.96 Å². The monoisotopic (exact) mass is 339 g/mol. The van der Waals surface area contributed by atoms with Crippen LogP contribution in [0, 0.1) is 0 Å². The number of aliphatic hydroxyl groups is 1. The lowest BCUT2D eigenvalue weighted by molar-refractivity contribution is -0.0566. The molecule has 0 aromatic heterocycles. The molecule has 0 amide bonds. The average molecular weight is 340 g/mol. The summed E-state index contributed by atoms with van der Waals surface area (Å²) in [6.45, 7) is 5.14. The Kier molecular flexibility index (Phi) is 6.69. The molecule has 0 atom stereocenters. The van der Waals surface area contributed by atoms with Crippen LogP contribution in [0.2, 0.25) is 5.02 Å². The van der Waals surface area contributed by atoms with Crippen LogP contribution in [0.15, 0.2) is 29.3 Å². The van der Waals surface area contributed by atoms with E-state index in [4.69, 9.17) is 16.3 Å². The first-order valence-electron chi connectivity index (χ1n) is 8.06. The molecular formula is C17H26ClN3O2. The largest absolute Gasteiger partial charge is 0.388 e. The Bertz CT molecular complexity index is 513. The second-order valence-corrected chi connectivity index (χ2v) is 6.43. The van der Waals surface area contributed by atoms with Crippen LogP contribution in [0.1, 0.15) is 25.3 Å². The van der Waals surface area contributed by atoms with Gasteiger partial charge < -0.3 is 20.1 Å². The minimum absolute atomic E-state index is 0.393. The minimum atomic E-state index is -0.750. The van der Waals surface area contributed by atoms with E-state index in [0.717, 1.165) is 29.6 Å². The van der Waals surface area contributed by atoms with E-state index in [1.807, 2.05) is 38.2 Å². The highest BCUT2D eigenvalue weighted by molar-refractivity contribution is 6.30. The number of nitrogens with one attached hydrogen (secondary N) is 1. The lowest BCUT2D eigenvalue weighted by Crippen LogP contribution is -2.43. The van der Waals surface area contributed by atoms with Crippen LogP contribution in [-0.4, -0.2) is 54.9 Å². The Morgan fingerprint density at radius 2 is 2.00 bits per heavy atom. The summed E-state index contributed by atoms with van der Waals surface area (Å²) in [5.74, 6) is 0.794. The first-order chi connectivity index (χ1) is 11.0. The van der Waals surface area contributed by atoms with Gasteiger partial charge in [-0.3, -0.25) is 4.99 Å². The maximum Gasteiger partial charge on any atom is 0.194 e. The van der Waals surface area contributed by atoms with Crippen molar-refractivity contribution in [3.05, 3.63) is 34.9 Å². The molecule has 0 unspecified atom stereocenters. The van der Waals surface area contributed by atoms with Gasteiger partial charge in [-0.1, -0.05) is 23.7 Å². The molecule has 0 radical (unpaired) electrons. The Morgan fingerprint density at radius 1 is 1.35 bits per heavy atom. The Balaban J connectivity index is 2.00. The number of nitrogens with zero attached hydrogens (tertiary/aromatic N) is 2. The molecule has 1 aliphatic rings. The van der Waals surface area contributed by atoms with E-state index < -0.39 is 5.60 Å². The molecule has 5 nitrogen and oxygen atoms in total. The van der Waals surface area contributed by atoms with Crippen LogP contribution in [0.4, 0.5) is 0 Å². The summed E-state index contributed by atoms with van der Waals surface area (Å²) in [6.07, 6.45) is 1.27.